The average Bonchev–Trinajstić information content (AvgIpc) is 3.07. The molecule has 0 fully saturated rings. The number of benzene rings is 2. The second-order valence-corrected chi connectivity index (χ2v) is 9.20. The Balaban J connectivity index is 1.85. The number of aromatic nitrogens is 3. The maximum absolute atomic E-state index is 12.9. The standard InChI is InChI=1S/C20H21ClN4O3S/c1-13(15-9-11-16(12-10-15)29(4,27)28)24(3)20(26)19-22-14(2)25(23-19)18-8-6-5-7-17(18)21/h5-13H,1-4H3. The third-order valence-corrected chi connectivity index (χ3v) is 6.18. The molecule has 7 nitrogen and oxygen atoms in total. The van der Waals surface area contributed by atoms with Crippen molar-refractivity contribution < 1.29 is 13.2 Å². The molecule has 0 saturated heterocycles. The molecule has 152 valence electrons. The highest BCUT2D eigenvalue weighted by Gasteiger charge is 2.24. The van der Waals surface area contributed by atoms with Gasteiger partial charge in [-0.25, -0.2) is 18.1 Å². The minimum absolute atomic E-state index is 0.0597. The number of aryl methyl sites for hydroxylation is 1. The van der Waals surface area contributed by atoms with Crippen molar-refractivity contribution in [2.45, 2.75) is 24.8 Å². The summed E-state index contributed by atoms with van der Waals surface area (Å²) in [5.41, 5.74) is 1.45. The van der Waals surface area contributed by atoms with E-state index in [0.717, 1.165) is 11.8 Å². The Bertz CT molecular complexity index is 1160. The highest BCUT2D eigenvalue weighted by molar-refractivity contribution is 7.90. The van der Waals surface area contributed by atoms with Crippen LogP contribution in [-0.2, 0) is 9.84 Å². The Labute approximate surface area is 174 Å². The van der Waals surface area contributed by atoms with Crippen LogP contribution < -0.4 is 0 Å². The van der Waals surface area contributed by atoms with Gasteiger partial charge in [-0.1, -0.05) is 35.9 Å². The number of halogens is 1. The lowest BCUT2D eigenvalue weighted by Gasteiger charge is -2.24. The fourth-order valence-electron chi connectivity index (χ4n) is 2.88. The first-order valence-electron chi connectivity index (χ1n) is 8.85. The minimum Gasteiger partial charge on any atom is -0.332 e. The molecule has 0 spiro atoms. The molecule has 0 aliphatic carbocycles. The van der Waals surface area contributed by atoms with Gasteiger partial charge in [-0.05, 0) is 43.7 Å². The SMILES string of the molecule is Cc1nc(C(=O)N(C)C(C)c2ccc(S(C)(=O)=O)cc2)nn1-c1ccccc1Cl. The smallest absolute Gasteiger partial charge is 0.293 e. The maximum Gasteiger partial charge on any atom is 0.293 e. The summed E-state index contributed by atoms with van der Waals surface area (Å²) in [6, 6.07) is 13.4. The lowest BCUT2D eigenvalue weighted by molar-refractivity contribution is 0.0730. The van der Waals surface area contributed by atoms with Gasteiger partial charge < -0.3 is 4.90 Å². The van der Waals surface area contributed by atoms with Crippen LogP contribution in [0.2, 0.25) is 5.02 Å². The third kappa shape index (κ3) is 4.33. The molecule has 29 heavy (non-hydrogen) atoms. The maximum atomic E-state index is 12.9. The van der Waals surface area contributed by atoms with Crippen LogP contribution >= 0.6 is 11.6 Å². The molecular formula is C20H21ClN4O3S. The molecule has 0 bridgehead atoms. The first-order valence-corrected chi connectivity index (χ1v) is 11.1. The summed E-state index contributed by atoms with van der Waals surface area (Å²) in [6.07, 6.45) is 1.16. The molecule has 0 aliphatic rings. The molecule has 1 unspecified atom stereocenters. The summed E-state index contributed by atoms with van der Waals surface area (Å²) in [5.74, 6) is 0.253. The first-order chi connectivity index (χ1) is 13.6. The van der Waals surface area contributed by atoms with Crippen LogP contribution in [0.25, 0.3) is 5.69 Å². The van der Waals surface area contributed by atoms with E-state index in [0.29, 0.717) is 16.5 Å². The van der Waals surface area contributed by atoms with E-state index < -0.39 is 9.84 Å². The number of hydrogen-bond donors (Lipinski definition) is 0. The Kier molecular flexibility index (Phi) is 5.77. The summed E-state index contributed by atoms with van der Waals surface area (Å²) in [6.45, 7) is 3.60. The quantitative estimate of drug-likeness (QED) is 0.616. The number of carbonyl (C=O) groups is 1. The van der Waals surface area contributed by atoms with Crippen molar-refractivity contribution in [1.82, 2.24) is 19.7 Å². The molecule has 9 heteroatoms. The molecule has 0 radical (unpaired) electrons. The van der Waals surface area contributed by atoms with Crippen molar-refractivity contribution in [1.29, 1.82) is 0 Å². The molecule has 0 N–H and O–H groups in total. The number of hydrogen-bond acceptors (Lipinski definition) is 5. The first kappa shape index (κ1) is 21.0. The van der Waals surface area contributed by atoms with Gasteiger partial charge >= 0.3 is 0 Å². The van der Waals surface area contributed by atoms with Crippen molar-refractivity contribution in [2.24, 2.45) is 0 Å². The van der Waals surface area contributed by atoms with Crippen LogP contribution in [0.3, 0.4) is 0 Å². The van der Waals surface area contributed by atoms with Crippen LogP contribution in [0.4, 0.5) is 0 Å². The van der Waals surface area contributed by atoms with Crippen molar-refractivity contribution >= 4 is 27.3 Å². The van der Waals surface area contributed by atoms with Crippen LogP contribution in [0.15, 0.2) is 53.4 Å². The van der Waals surface area contributed by atoms with Gasteiger partial charge in [-0.2, -0.15) is 0 Å². The molecule has 1 atom stereocenters. The molecule has 0 saturated carbocycles. The predicted molar refractivity (Wildman–Crippen MR) is 111 cm³/mol. The topological polar surface area (TPSA) is 85.2 Å². The van der Waals surface area contributed by atoms with E-state index in [4.69, 9.17) is 11.6 Å². The molecule has 0 aliphatic heterocycles. The zero-order chi connectivity index (χ0) is 21.3. The highest BCUT2D eigenvalue weighted by Crippen LogP contribution is 2.23. The second kappa shape index (κ2) is 7.96. The van der Waals surface area contributed by atoms with Gasteiger partial charge in [0.05, 0.1) is 21.6 Å². The number of rotatable bonds is 5. The number of carbonyl (C=O) groups excluding carboxylic acids is 1. The van der Waals surface area contributed by atoms with Crippen LogP contribution in [0, 0.1) is 6.92 Å². The Morgan fingerprint density at radius 3 is 2.34 bits per heavy atom. The monoisotopic (exact) mass is 432 g/mol. The van der Waals surface area contributed by atoms with Crippen molar-refractivity contribution in [3.8, 4) is 5.69 Å². The third-order valence-electron chi connectivity index (χ3n) is 4.73. The summed E-state index contributed by atoms with van der Waals surface area (Å²) < 4.78 is 24.8. The summed E-state index contributed by atoms with van der Waals surface area (Å²) >= 11 is 6.23. The predicted octanol–water partition coefficient (Wildman–Crippen LogP) is 3.47. The van der Waals surface area contributed by atoms with Gasteiger partial charge in [0, 0.05) is 13.3 Å². The molecular weight excluding hydrogens is 412 g/mol. The van der Waals surface area contributed by atoms with E-state index in [9.17, 15) is 13.2 Å². The molecule has 1 amide bonds. The molecule has 1 aromatic heterocycles. The summed E-state index contributed by atoms with van der Waals surface area (Å²) in [7, 11) is -1.62. The van der Waals surface area contributed by atoms with Crippen molar-refractivity contribution in [2.75, 3.05) is 13.3 Å². The minimum atomic E-state index is -3.27. The van der Waals surface area contributed by atoms with Crippen LogP contribution in [-0.4, -0.2) is 47.3 Å². The van der Waals surface area contributed by atoms with E-state index in [1.165, 1.54) is 21.7 Å². The zero-order valence-electron chi connectivity index (χ0n) is 16.5. The van der Waals surface area contributed by atoms with Gasteiger partial charge in [0.1, 0.15) is 5.82 Å². The average molecular weight is 433 g/mol. The number of sulfone groups is 1. The normalized spacial score (nSPS) is 12.6. The summed E-state index contributed by atoms with van der Waals surface area (Å²) in [4.78, 5) is 19.0. The number of para-hydroxylation sites is 1. The lowest BCUT2D eigenvalue weighted by atomic mass is 10.1. The Morgan fingerprint density at radius 1 is 1.14 bits per heavy atom. The zero-order valence-corrected chi connectivity index (χ0v) is 18.1. The second-order valence-electron chi connectivity index (χ2n) is 6.78. The van der Waals surface area contributed by atoms with E-state index >= 15 is 0 Å². The van der Waals surface area contributed by atoms with E-state index in [2.05, 4.69) is 10.1 Å². The van der Waals surface area contributed by atoms with E-state index in [1.54, 1.807) is 38.2 Å². The van der Waals surface area contributed by atoms with Gasteiger partial charge in [-0.3, -0.25) is 4.79 Å². The highest BCUT2D eigenvalue weighted by atomic mass is 35.5. The van der Waals surface area contributed by atoms with E-state index in [1.807, 2.05) is 19.1 Å². The van der Waals surface area contributed by atoms with Gasteiger partial charge in [0.2, 0.25) is 5.82 Å². The van der Waals surface area contributed by atoms with Crippen molar-refractivity contribution in [3.63, 3.8) is 0 Å². The number of nitrogens with zero attached hydrogens (tertiary/aromatic N) is 4. The molecule has 2 aromatic carbocycles. The lowest BCUT2D eigenvalue weighted by Crippen LogP contribution is -2.30. The number of amides is 1. The Morgan fingerprint density at radius 2 is 1.76 bits per heavy atom. The van der Waals surface area contributed by atoms with Gasteiger partial charge in [-0.15, -0.1) is 5.10 Å². The largest absolute Gasteiger partial charge is 0.332 e. The van der Waals surface area contributed by atoms with Crippen molar-refractivity contribution in [3.05, 3.63) is 70.8 Å². The molecule has 3 aromatic rings. The summed E-state index contributed by atoms with van der Waals surface area (Å²) in [5, 5.41) is 4.84. The van der Waals surface area contributed by atoms with E-state index in [-0.39, 0.29) is 22.7 Å². The van der Waals surface area contributed by atoms with Crippen LogP contribution in [0.1, 0.15) is 35.0 Å². The molecule has 1 heterocycles. The molecule has 3 rings (SSSR count). The fourth-order valence-corrected chi connectivity index (χ4v) is 3.73. The fraction of sp³-hybridized carbons (Fsp3) is 0.250. The van der Waals surface area contributed by atoms with Crippen LogP contribution in [0.5, 0.6) is 0 Å². The van der Waals surface area contributed by atoms with Gasteiger partial charge in [0.15, 0.2) is 9.84 Å². The Hall–Kier alpha value is -2.71. The van der Waals surface area contributed by atoms with Gasteiger partial charge in [0.25, 0.3) is 5.91 Å².